The molecule has 3 rings (SSSR count). The van der Waals surface area contributed by atoms with Gasteiger partial charge in [0.2, 0.25) is 0 Å². The molecule has 1 N–H and O–H groups in total. The number of aryl methyl sites for hydroxylation is 1. The Kier molecular flexibility index (Phi) is 3.17. The first-order chi connectivity index (χ1) is 8.34. The Morgan fingerprint density at radius 2 is 1.88 bits per heavy atom. The van der Waals surface area contributed by atoms with Crippen LogP contribution in [0.25, 0.3) is 0 Å². The number of hydrogen-bond acceptors (Lipinski definition) is 2. The molecule has 0 radical (unpaired) electrons. The Morgan fingerprint density at radius 3 is 2.71 bits per heavy atom. The van der Waals surface area contributed by atoms with Crippen LogP contribution in [0.4, 0.5) is 0 Å². The molecule has 1 aliphatic carbocycles. The van der Waals surface area contributed by atoms with E-state index in [0.717, 1.165) is 19.6 Å². The predicted molar refractivity (Wildman–Crippen MR) is 71.4 cm³/mol. The van der Waals surface area contributed by atoms with Gasteiger partial charge in [-0.15, -0.1) is 0 Å². The minimum atomic E-state index is 1.15. The summed E-state index contributed by atoms with van der Waals surface area (Å²) in [5, 5.41) is 3.42. The molecular formula is C15H22N2. The van der Waals surface area contributed by atoms with Gasteiger partial charge >= 0.3 is 0 Å². The van der Waals surface area contributed by atoms with Gasteiger partial charge in [0.25, 0.3) is 0 Å². The summed E-state index contributed by atoms with van der Waals surface area (Å²) in [6.45, 7) is 8.11. The third-order valence-corrected chi connectivity index (χ3v) is 4.22. The molecule has 0 unspecified atom stereocenters. The van der Waals surface area contributed by atoms with Crippen LogP contribution in [0.15, 0.2) is 12.1 Å². The zero-order chi connectivity index (χ0) is 11.7. The molecule has 1 saturated heterocycles. The third kappa shape index (κ3) is 2.24. The lowest BCUT2D eigenvalue weighted by Gasteiger charge is -2.28. The van der Waals surface area contributed by atoms with Gasteiger partial charge < -0.3 is 5.32 Å². The van der Waals surface area contributed by atoms with Crippen LogP contribution in [0.5, 0.6) is 0 Å². The van der Waals surface area contributed by atoms with E-state index in [1.807, 2.05) is 0 Å². The van der Waals surface area contributed by atoms with Crippen LogP contribution < -0.4 is 5.32 Å². The number of hydrogen-bond donors (Lipinski definition) is 1. The maximum atomic E-state index is 3.42. The highest BCUT2D eigenvalue weighted by Gasteiger charge is 2.18. The van der Waals surface area contributed by atoms with E-state index < -0.39 is 0 Å². The molecule has 0 amide bonds. The van der Waals surface area contributed by atoms with Crippen LogP contribution in [-0.4, -0.2) is 31.1 Å². The monoisotopic (exact) mass is 230 g/mol. The Balaban J connectivity index is 1.81. The summed E-state index contributed by atoms with van der Waals surface area (Å²) in [5.74, 6) is 0. The highest BCUT2D eigenvalue weighted by atomic mass is 15.2. The van der Waals surface area contributed by atoms with E-state index in [-0.39, 0.29) is 0 Å². The van der Waals surface area contributed by atoms with Crippen LogP contribution in [0.3, 0.4) is 0 Å². The third-order valence-electron chi connectivity index (χ3n) is 4.22. The molecule has 1 heterocycles. The van der Waals surface area contributed by atoms with Crippen molar-refractivity contribution >= 4 is 0 Å². The maximum absolute atomic E-state index is 3.42. The minimum Gasteiger partial charge on any atom is -0.314 e. The molecule has 1 aliphatic heterocycles. The highest BCUT2D eigenvalue weighted by Crippen LogP contribution is 2.29. The Bertz CT molecular complexity index is 406. The number of fused-ring (bicyclic) bond motifs is 1. The second-order valence-corrected chi connectivity index (χ2v) is 5.38. The highest BCUT2D eigenvalue weighted by molar-refractivity contribution is 5.43. The molecule has 0 saturated carbocycles. The normalized spacial score (nSPS) is 20.5. The van der Waals surface area contributed by atoms with Crippen LogP contribution in [0, 0.1) is 6.92 Å². The summed E-state index contributed by atoms with van der Waals surface area (Å²) in [7, 11) is 0. The van der Waals surface area contributed by atoms with Gasteiger partial charge in [0, 0.05) is 32.7 Å². The van der Waals surface area contributed by atoms with Gasteiger partial charge in [-0.25, -0.2) is 0 Å². The summed E-state index contributed by atoms with van der Waals surface area (Å²) >= 11 is 0. The van der Waals surface area contributed by atoms with Crippen molar-refractivity contribution in [1.82, 2.24) is 10.2 Å². The Morgan fingerprint density at radius 1 is 1.12 bits per heavy atom. The molecule has 2 heteroatoms. The molecule has 1 aromatic carbocycles. The van der Waals surface area contributed by atoms with Gasteiger partial charge in [0.15, 0.2) is 0 Å². The fraction of sp³-hybridized carbons (Fsp3) is 0.600. The Hall–Kier alpha value is -0.860. The molecule has 0 spiro atoms. The number of rotatable bonds is 2. The Labute approximate surface area is 104 Å². The lowest BCUT2D eigenvalue weighted by Crippen LogP contribution is -2.43. The van der Waals surface area contributed by atoms with E-state index in [0.29, 0.717) is 0 Å². The van der Waals surface area contributed by atoms with Gasteiger partial charge in [-0.3, -0.25) is 4.90 Å². The van der Waals surface area contributed by atoms with E-state index in [1.165, 1.54) is 37.9 Å². The summed E-state index contributed by atoms with van der Waals surface area (Å²) in [4.78, 5) is 2.58. The second-order valence-electron chi connectivity index (χ2n) is 5.38. The smallest absolute Gasteiger partial charge is 0.0237 e. The molecule has 2 nitrogen and oxygen atoms in total. The van der Waals surface area contributed by atoms with Gasteiger partial charge in [-0.05, 0) is 48.4 Å². The van der Waals surface area contributed by atoms with Crippen LogP contribution in [0.1, 0.15) is 28.7 Å². The van der Waals surface area contributed by atoms with Crippen LogP contribution >= 0.6 is 0 Å². The molecule has 0 aromatic heterocycles. The molecular weight excluding hydrogens is 208 g/mol. The largest absolute Gasteiger partial charge is 0.314 e. The summed E-state index contributed by atoms with van der Waals surface area (Å²) < 4.78 is 0. The number of piperazine rings is 1. The van der Waals surface area contributed by atoms with Crippen molar-refractivity contribution in [1.29, 1.82) is 0 Å². The van der Waals surface area contributed by atoms with Crippen LogP contribution in [0.2, 0.25) is 0 Å². The number of benzene rings is 1. The van der Waals surface area contributed by atoms with Crippen molar-refractivity contribution in [2.45, 2.75) is 32.7 Å². The number of nitrogens with zero attached hydrogens (tertiary/aromatic N) is 1. The van der Waals surface area contributed by atoms with Crippen molar-refractivity contribution in [3.8, 4) is 0 Å². The van der Waals surface area contributed by atoms with E-state index in [4.69, 9.17) is 0 Å². The van der Waals surface area contributed by atoms with E-state index in [1.54, 1.807) is 16.7 Å². The fourth-order valence-corrected chi connectivity index (χ4v) is 3.22. The summed E-state index contributed by atoms with van der Waals surface area (Å²) in [5.41, 5.74) is 6.41. The first-order valence-corrected chi connectivity index (χ1v) is 6.88. The van der Waals surface area contributed by atoms with Crippen molar-refractivity contribution in [2.75, 3.05) is 26.2 Å². The topological polar surface area (TPSA) is 15.3 Å². The summed E-state index contributed by atoms with van der Waals surface area (Å²) in [6, 6.07) is 4.68. The number of nitrogens with one attached hydrogen (secondary N) is 1. The SMILES string of the molecule is Cc1ccc(CN2CCNCC2)c2c1CCC2. The van der Waals surface area contributed by atoms with Crippen molar-refractivity contribution in [2.24, 2.45) is 0 Å². The average Bonchev–Trinajstić information content (AvgIpc) is 2.84. The lowest BCUT2D eigenvalue weighted by molar-refractivity contribution is 0.232. The van der Waals surface area contributed by atoms with Crippen LogP contribution in [-0.2, 0) is 19.4 Å². The first kappa shape index (κ1) is 11.2. The lowest BCUT2D eigenvalue weighted by atomic mass is 9.98. The maximum Gasteiger partial charge on any atom is 0.0237 e. The molecule has 1 fully saturated rings. The minimum absolute atomic E-state index is 1.15. The average molecular weight is 230 g/mol. The van der Waals surface area contributed by atoms with Crippen molar-refractivity contribution < 1.29 is 0 Å². The first-order valence-electron chi connectivity index (χ1n) is 6.88. The molecule has 0 bridgehead atoms. The second kappa shape index (κ2) is 4.79. The van der Waals surface area contributed by atoms with Gasteiger partial charge in [-0.2, -0.15) is 0 Å². The van der Waals surface area contributed by atoms with Gasteiger partial charge in [0.05, 0.1) is 0 Å². The molecule has 0 atom stereocenters. The molecule has 17 heavy (non-hydrogen) atoms. The quantitative estimate of drug-likeness (QED) is 0.834. The predicted octanol–water partition coefficient (Wildman–Crippen LogP) is 1.89. The van der Waals surface area contributed by atoms with Crippen molar-refractivity contribution in [3.05, 3.63) is 34.4 Å². The zero-order valence-corrected chi connectivity index (χ0v) is 10.8. The van der Waals surface area contributed by atoms with Gasteiger partial charge in [-0.1, -0.05) is 12.1 Å². The molecule has 92 valence electrons. The van der Waals surface area contributed by atoms with E-state index in [2.05, 4.69) is 29.3 Å². The van der Waals surface area contributed by atoms with Crippen molar-refractivity contribution in [3.63, 3.8) is 0 Å². The molecule has 1 aromatic rings. The summed E-state index contributed by atoms with van der Waals surface area (Å²) in [6.07, 6.45) is 3.96. The molecule has 2 aliphatic rings. The van der Waals surface area contributed by atoms with E-state index in [9.17, 15) is 0 Å². The van der Waals surface area contributed by atoms with Gasteiger partial charge in [0.1, 0.15) is 0 Å². The fourth-order valence-electron chi connectivity index (χ4n) is 3.22. The standard InChI is InChI=1S/C15H22N2/c1-12-5-6-13(15-4-2-3-14(12)15)11-17-9-7-16-8-10-17/h5-6,16H,2-4,7-11H2,1H3. The zero-order valence-electron chi connectivity index (χ0n) is 10.8. The van der Waals surface area contributed by atoms with E-state index >= 15 is 0 Å².